The van der Waals surface area contributed by atoms with E-state index in [0.29, 0.717) is 17.3 Å². The topological polar surface area (TPSA) is 42.3 Å². The highest BCUT2D eigenvalue weighted by molar-refractivity contribution is 5.49. The first-order valence-electron chi connectivity index (χ1n) is 6.42. The molecule has 1 atom stereocenters. The molecular weight excluding hydrogens is 243 g/mol. The van der Waals surface area contributed by atoms with E-state index >= 15 is 0 Å². The normalized spacial score (nSPS) is 21.1. The van der Waals surface area contributed by atoms with Crippen molar-refractivity contribution in [3.63, 3.8) is 0 Å². The molecule has 0 saturated carbocycles. The number of likely N-dealkylation sites (N-methyl/N-ethyl adjacent to an activating group) is 2. The third-order valence-corrected chi connectivity index (χ3v) is 3.55. The monoisotopic (exact) mass is 262 g/mol. The van der Waals surface area contributed by atoms with Gasteiger partial charge in [-0.25, -0.2) is 4.39 Å². The fourth-order valence-electron chi connectivity index (χ4n) is 2.31. The molecule has 0 amide bonds. The van der Waals surface area contributed by atoms with E-state index in [9.17, 15) is 4.39 Å². The van der Waals surface area contributed by atoms with Gasteiger partial charge in [-0.1, -0.05) is 0 Å². The lowest BCUT2D eigenvalue weighted by atomic mass is 10.1. The lowest BCUT2D eigenvalue weighted by Crippen LogP contribution is -2.52. The third-order valence-electron chi connectivity index (χ3n) is 3.55. The second kappa shape index (κ2) is 6.00. The first-order valence-corrected chi connectivity index (χ1v) is 6.42. The Hall–Kier alpha value is -1.64. The Kier molecular flexibility index (Phi) is 4.35. The van der Waals surface area contributed by atoms with Crippen LogP contribution < -0.4 is 5.32 Å². The van der Waals surface area contributed by atoms with Crippen molar-refractivity contribution in [3.8, 4) is 6.07 Å². The summed E-state index contributed by atoms with van der Waals surface area (Å²) in [6.07, 6.45) is 0. The predicted octanol–water partition coefficient (Wildman–Crippen LogP) is 1.36. The molecule has 102 valence electrons. The van der Waals surface area contributed by atoms with Gasteiger partial charge in [-0.3, -0.25) is 4.90 Å². The molecule has 4 nitrogen and oxygen atoms in total. The molecule has 19 heavy (non-hydrogen) atoms. The first-order chi connectivity index (χ1) is 9.08. The molecule has 1 unspecified atom stereocenters. The summed E-state index contributed by atoms with van der Waals surface area (Å²) in [6, 6.07) is 6.70. The zero-order valence-corrected chi connectivity index (χ0v) is 11.4. The Morgan fingerprint density at radius 2 is 2.16 bits per heavy atom. The van der Waals surface area contributed by atoms with Gasteiger partial charge in [0.05, 0.1) is 11.6 Å². The van der Waals surface area contributed by atoms with E-state index in [0.717, 1.165) is 26.2 Å². The van der Waals surface area contributed by atoms with Gasteiger partial charge in [0, 0.05) is 37.9 Å². The highest BCUT2D eigenvalue weighted by Crippen LogP contribution is 2.14. The fraction of sp³-hybridized carbons (Fsp3) is 0.500. The van der Waals surface area contributed by atoms with Crippen LogP contribution in [0.2, 0.25) is 0 Å². The van der Waals surface area contributed by atoms with E-state index in [4.69, 9.17) is 5.26 Å². The molecule has 1 aromatic carbocycles. The number of piperazine rings is 1. The van der Waals surface area contributed by atoms with Crippen molar-refractivity contribution in [2.75, 3.05) is 45.6 Å². The molecule has 1 saturated heterocycles. The van der Waals surface area contributed by atoms with Gasteiger partial charge in [0.15, 0.2) is 0 Å². The second-order valence-electron chi connectivity index (χ2n) is 5.12. The number of rotatable bonds is 3. The average molecular weight is 262 g/mol. The first kappa shape index (κ1) is 13.8. The number of hydrogen-bond donors (Lipinski definition) is 1. The summed E-state index contributed by atoms with van der Waals surface area (Å²) in [6.45, 7) is 3.85. The Morgan fingerprint density at radius 1 is 1.37 bits per heavy atom. The predicted molar refractivity (Wildman–Crippen MR) is 73.5 cm³/mol. The molecule has 1 fully saturated rings. The minimum atomic E-state index is -0.379. The highest BCUT2D eigenvalue weighted by atomic mass is 19.1. The maximum absolute atomic E-state index is 13.3. The molecular formula is C14H19FN4. The molecule has 0 radical (unpaired) electrons. The van der Waals surface area contributed by atoms with Crippen LogP contribution in [0.1, 0.15) is 5.56 Å². The highest BCUT2D eigenvalue weighted by Gasteiger charge is 2.21. The number of nitrogens with zero attached hydrogens (tertiary/aromatic N) is 3. The van der Waals surface area contributed by atoms with Crippen molar-refractivity contribution in [3.05, 3.63) is 29.6 Å². The van der Waals surface area contributed by atoms with Crippen molar-refractivity contribution < 1.29 is 4.39 Å². The summed E-state index contributed by atoms with van der Waals surface area (Å²) in [5.41, 5.74) is 1.01. The van der Waals surface area contributed by atoms with E-state index in [1.165, 1.54) is 12.1 Å². The zero-order chi connectivity index (χ0) is 13.8. The molecule has 2 rings (SSSR count). The van der Waals surface area contributed by atoms with Crippen molar-refractivity contribution in [1.29, 1.82) is 5.26 Å². The van der Waals surface area contributed by atoms with Gasteiger partial charge in [-0.15, -0.1) is 0 Å². The van der Waals surface area contributed by atoms with Gasteiger partial charge in [-0.2, -0.15) is 5.26 Å². The summed E-state index contributed by atoms with van der Waals surface area (Å²) in [5, 5.41) is 12.0. The van der Waals surface area contributed by atoms with Crippen LogP contribution in [0.5, 0.6) is 0 Å². The van der Waals surface area contributed by atoms with Crippen LogP contribution in [-0.2, 0) is 0 Å². The van der Waals surface area contributed by atoms with E-state index < -0.39 is 0 Å². The van der Waals surface area contributed by atoms with Crippen LogP contribution >= 0.6 is 0 Å². The SMILES string of the molecule is CN1CCN(C)C(CNc2cc(F)cc(C#N)c2)C1. The van der Waals surface area contributed by atoms with Crippen molar-refractivity contribution in [1.82, 2.24) is 9.80 Å². The van der Waals surface area contributed by atoms with E-state index in [2.05, 4.69) is 29.2 Å². The summed E-state index contributed by atoms with van der Waals surface area (Å²) < 4.78 is 13.3. The van der Waals surface area contributed by atoms with Crippen LogP contribution in [0.3, 0.4) is 0 Å². The summed E-state index contributed by atoms with van der Waals surface area (Å²) in [4.78, 5) is 4.59. The maximum atomic E-state index is 13.3. The number of nitrogens with one attached hydrogen (secondary N) is 1. The minimum Gasteiger partial charge on any atom is -0.383 e. The molecule has 0 aromatic heterocycles. The van der Waals surface area contributed by atoms with Gasteiger partial charge in [0.25, 0.3) is 0 Å². The quantitative estimate of drug-likeness (QED) is 0.893. The lowest BCUT2D eigenvalue weighted by Gasteiger charge is -2.37. The van der Waals surface area contributed by atoms with Crippen LogP contribution in [-0.4, -0.2) is 56.1 Å². The second-order valence-corrected chi connectivity index (χ2v) is 5.12. The van der Waals surface area contributed by atoms with Crippen molar-refractivity contribution in [2.45, 2.75) is 6.04 Å². The van der Waals surface area contributed by atoms with Crippen LogP contribution in [0.4, 0.5) is 10.1 Å². The molecule has 5 heteroatoms. The average Bonchev–Trinajstić information content (AvgIpc) is 2.39. The molecule has 1 heterocycles. The summed E-state index contributed by atoms with van der Waals surface area (Å²) >= 11 is 0. The number of anilines is 1. The van der Waals surface area contributed by atoms with E-state index in [1.807, 2.05) is 6.07 Å². The standard InChI is InChI=1S/C14H19FN4/c1-18-3-4-19(2)14(10-18)9-17-13-6-11(8-16)5-12(15)7-13/h5-7,14,17H,3-4,9-10H2,1-2H3. The molecule has 0 spiro atoms. The van der Waals surface area contributed by atoms with Gasteiger partial charge in [0.1, 0.15) is 5.82 Å². The van der Waals surface area contributed by atoms with Gasteiger partial charge in [0.2, 0.25) is 0 Å². The molecule has 1 N–H and O–H groups in total. The Bertz CT molecular complexity index is 483. The zero-order valence-electron chi connectivity index (χ0n) is 11.4. The summed E-state index contributed by atoms with van der Waals surface area (Å²) in [7, 11) is 4.21. The van der Waals surface area contributed by atoms with Crippen LogP contribution in [0.15, 0.2) is 18.2 Å². The molecule has 1 aromatic rings. The van der Waals surface area contributed by atoms with Gasteiger partial charge < -0.3 is 10.2 Å². The van der Waals surface area contributed by atoms with Crippen LogP contribution in [0.25, 0.3) is 0 Å². The number of halogens is 1. The Balaban J connectivity index is 1.98. The molecule has 0 aliphatic carbocycles. The minimum absolute atomic E-state index is 0.344. The maximum Gasteiger partial charge on any atom is 0.126 e. The smallest absolute Gasteiger partial charge is 0.126 e. The van der Waals surface area contributed by atoms with Crippen molar-refractivity contribution in [2.24, 2.45) is 0 Å². The molecule has 1 aliphatic rings. The Labute approximate surface area is 113 Å². The van der Waals surface area contributed by atoms with Gasteiger partial charge in [-0.05, 0) is 32.3 Å². The lowest BCUT2D eigenvalue weighted by molar-refractivity contribution is 0.122. The van der Waals surface area contributed by atoms with Crippen LogP contribution in [0, 0.1) is 17.1 Å². The van der Waals surface area contributed by atoms with Gasteiger partial charge >= 0.3 is 0 Å². The van der Waals surface area contributed by atoms with Crippen molar-refractivity contribution >= 4 is 5.69 Å². The third kappa shape index (κ3) is 3.66. The van der Waals surface area contributed by atoms with E-state index in [-0.39, 0.29) is 5.82 Å². The molecule has 1 aliphatic heterocycles. The largest absolute Gasteiger partial charge is 0.383 e. The Morgan fingerprint density at radius 3 is 2.89 bits per heavy atom. The number of nitriles is 1. The number of benzene rings is 1. The van der Waals surface area contributed by atoms with E-state index in [1.54, 1.807) is 6.07 Å². The fourth-order valence-corrected chi connectivity index (χ4v) is 2.31. The molecule has 0 bridgehead atoms. The number of hydrogen-bond acceptors (Lipinski definition) is 4. The summed E-state index contributed by atoms with van der Waals surface area (Å²) in [5.74, 6) is -0.379.